The highest BCUT2D eigenvalue weighted by Gasteiger charge is 2.19. The Morgan fingerprint density at radius 3 is 3.05 bits per heavy atom. The van der Waals surface area contributed by atoms with E-state index in [4.69, 9.17) is 0 Å². The molecule has 1 aliphatic rings. The van der Waals surface area contributed by atoms with Crippen molar-refractivity contribution >= 4 is 27.3 Å². The Kier molecular flexibility index (Phi) is 4.20. The molecule has 19 heavy (non-hydrogen) atoms. The second-order valence-corrected chi connectivity index (χ2v) is 6.58. The zero-order chi connectivity index (χ0) is 13.1. The van der Waals surface area contributed by atoms with Crippen LogP contribution < -0.4 is 5.32 Å². The molecule has 0 atom stereocenters. The summed E-state index contributed by atoms with van der Waals surface area (Å²) in [5, 5.41) is 14.0. The summed E-state index contributed by atoms with van der Waals surface area (Å²) in [5.41, 5.74) is 0.877. The van der Waals surface area contributed by atoms with E-state index in [-0.39, 0.29) is 0 Å². The fourth-order valence-electron chi connectivity index (χ4n) is 1.83. The van der Waals surface area contributed by atoms with Gasteiger partial charge in [0.25, 0.3) is 0 Å². The van der Waals surface area contributed by atoms with Crippen LogP contribution in [0.4, 0.5) is 0 Å². The standard InChI is InChI=1S/C13H15BrN4S/c14-10-3-1-8-16-12(10)13-18-17-11(19-13)4-2-7-15-9-5-6-9/h1,3,8-9,15H,2,4-7H2. The summed E-state index contributed by atoms with van der Waals surface area (Å²) in [4.78, 5) is 4.34. The van der Waals surface area contributed by atoms with E-state index in [2.05, 4.69) is 36.4 Å². The first-order valence-electron chi connectivity index (χ1n) is 6.49. The van der Waals surface area contributed by atoms with Gasteiger partial charge in [0.05, 0.1) is 0 Å². The van der Waals surface area contributed by atoms with Crippen molar-refractivity contribution in [3.05, 3.63) is 27.8 Å². The molecule has 2 heterocycles. The number of halogens is 1. The SMILES string of the molecule is Brc1cccnc1-c1nnc(CCCNC2CC2)s1. The number of nitrogens with one attached hydrogen (secondary N) is 1. The highest BCUT2D eigenvalue weighted by molar-refractivity contribution is 9.10. The molecule has 2 aromatic heterocycles. The van der Waals surface area contributed by atoms with Gasteiger partial charge in [0, 0.05) is 23.1 Å². The van der Waals surface area contributed by atoms with E-state index in [0.29, 0.717) is 0 Å². The van der Waals surface area contributed by atoms with Crippen LogP contribution in [0, 0.1) is 0 Å². The summed E-state index contributed by atoms with van der Waals surface area (Å²) < 4.78 is 0.966. The lowest BCUT2D eigenvalue weighted by atomic mass is 10.3. The molecule has 0 unspecified atom stereocenters. The van der Waals surface area contributed by atoms with E-state index in [1.807, 2.05) is 12.1 Å². The minimum atomic E-state index is 0.787. The van der Waals surface area contributed by atoms with Gasteiger partial charge in [0.2, 0.25) is 0 Å². The minimum absolute atomic E-state index is 0.787. The molecule has 0 radical (unpaired) electrons. The Bertz CT molecular complexity index is 553. The van der Waals surface area contributed by atoms with Gasteiger partial charge in [-0.2, -0.15) is 0 Å². The summed E-state index contributed by atoms with van der Waals surface area (Å²) in [6.07, 6.45) is 6.57. The fourth-order valence-corrected chi connectivity index (χ4v) is 3.29. The fraction of sp³-hybridized carbons (Fsp3) is 0.462. The second kappa shape index (κ2) is 6.07. The predicted molar refractivity (Wildman–Crippen MR) is 80.2 cm³/mol. The Morgan fingerprint density at radius 2 is 2.26 bits per heavy atom. The normalized spacial score (nSPS) is 14.8. The average molecular weight is 339 g/mol. The first-order valence-corrected chi connectivity index (χ1v) is 8.10. The van der Waals surface area contributed by atoms with E-state index in [0.717, 1.165) is 45.6 Å². The maximum atomic E-state index is 4.34. The van der Waals surface area contributed by atoms with Gasteiger partial charge in [-0.25, -0.2) is 0 Å². The van der Waals surface area contributed by atoms with Gasteiger partial charge < -0.3 is 5.32 Å². The Balaban J connectivity index is 1.57. The first-order chi connectivity index (χ1) is 9.33. The summed E-state index contributed by atoms with van der Waals surface area (Å²) in [5.74, 6) is 0. The van der Waals surface area contributed by atoms with Gasteiger partial charge in [0.15, 0.2) is 5.01 Å². The predicted octanol–water partition coefficient (Wildman–Crippen LogP) is 3.05. The number of pyridine rings is 1. The van der Waals surface area contributed by atoms with Crippen LogP contribution in [0.15, 0.2) is 22.8 Å². The number of rotatable bonds is 6. The van der Waals surface area contributed by atoms with Gasteiger partial charge in [-0.05, 0) is 53.9 Å². The van der Waals surface area contributed by atoms with E-state index < -0.39 is 0 Å². The van der Waals surface area contributed by atoms with E-state index in [9.17, 15) is 0 Å². The van der Waals surface area contributed by atoms with Crippen LogP contribution in [-0.4, -0.2) is 27.8 Å². The zero-order valence-electron chi connectivity index (χ0n) is 10.5. The molecule has 0 spiro atoms. The van der Waals surface area contributed by atoms with Crippen molar-refractivity contribution in [2.24, 2.45) is 0 Å². The number of aryl methyl sites for hydroxylation is 1. The lowest BCUT2D eigenvalue weighted by Crippen LogP contribution is -2.17. The Labute approximate surface area is 124 Å². The van der Waals surface area contributed by atoms with Crippen LogP contribution in [0.1, 0.15) is 24.3 Å². The minimum Gasteiger partial charge on any atom is -0.314 e. The smallest absolute Gasteiger partial charge is 0.167 e. The summed E-state index contributed by atoms with van der Waals surface area (Å²) >= 11 is 5.13. The molecule has 0 amide bonds. The van der Waals surface area contributed by atoms with Crippen molar-refractivity contribution in [3.8, 4) is 10.7 Å². The molecule has 4 nitrogen and oxygen atoms in total. The van der Waals surface area contributed by atoms with Crippen LogP contribution >= 0.6 is 27.3 Å². The summed E-state index contributed by atoms with van der Waals surface area (Å²) in [7, 11) is 0. The third kappa shape index (κ3) is 3.58. The maximum Gasteiger partial charge on any atom is 0.167 e. The third-order valence-electron chi connectivity index (χ3n) is 3.01. The van der Waals surface area contributed by atoms with Gasteiger partial charge in [0.1, 0.15) is 10.7 Å². The van der Waals surface area contributed by atoms with Crippen molar-refractivity contribution in [1.29, 1.82) is 0 Å². The monoisotopic (exact) mass is 338 g/mol. The summed E-state index contributed by atoms with van der Waals surface area (Å²) in [6, 6.07) is 4.66. The average Bonchev–Trinajstić information content (AvgIpc) is 3.13. The third-order valence-corrected chi connectivity index (χ3v) is 4.64. The molecule has 0 aromatic carbocycles. The highest BCUT2D eigenvalue weighted by Crippen LogP contribution is 2.28. The van der Waals surface area contributed by atoms with Gasteiger partial charge in [-0.1, -0.05) is 11.3 Å². The Morgan fingerprint density at radius 1 is 1.37 bits per heavy atom. The van der Waals surface area contributed by atoms with Crippen LogP contribution in [0.5, 0.6) is 0 Å². The Hall–Kier alpha value is -0.850. The topological polar surface area (TPSA) is 50.7 Å². The van der Waals surface area contributed by atoms with Crippen molar-refractivity contribution in [1.82, 2.24) is 20.5 Å². The number of hydrogen-bond donors (Lipinski definition) is 1. The van der Waals surface area contributed by atoms with Crippen LogP contribution in [0.2, 0.25) is 0 Å². The number of hydrogen-bond acceptors (Lipinski definition) is 5. The van der Waals surface area contributed by atoms with Gasteiger partial charge in [-0.3, -0.25) is 4.98 Å². The molecule has 0 saturated heterocycles. The van der Waals surface area contributed by atoms with Gasteiger partial charge >= 0.3 is 0 Å². The molecule has 1 saturated carbocycles. The van der Waals surface area contributed by atoms with E-state index >= 15 is 0 Å². The summed E-state index contributed by atoms with van der Waals surface area (Å²) in [6.45, 7) is 1.08. The van der Waals surface area contributed by atoms with Crippen LogP contribution in [-0.2, 0) is 6.42 Å². The van der Waals surface area contributed by atoms with Crippen LogP contribution in [0.25, 0.3) is 10.7 Å². The molecule has 1 N–H and O–H groups in total. The number of nitrogens with zero attached hydrogens (tertiary/aromatic N) is 3. The molecular formula is C13H15BrN4S. The quantitative estimate of drug-likeness (QED) is 0.822. The van der Waals surface area contributed by atoms with E-state index in [1.165, 1.54) is 12.8 Å². The molecule has 1 aliphatic carbocycles. The maximum absolute atomic E-state index is 4.34. The molecule has 1 fully saturated rings. The number of aromatic nitrogens is 3. The van der Waals surface area contributed by atoms with Crippen LogP contribution in [0.3, 0.4) is 0 Å². The molecule has 6 heteroatoms. The second-order valence-electron chi connectivity index (χ2n) is 4.67. The van der Waals surface area contributed by atoms with E-state index in [1.54, 1.807) is 17.5 Å². The zero-order valence-corrected chi connectivity index (χ0v) is 12.9. The first kappa shape index (κ1) is 13.1. The largest absolute Gasteiger partial charge is 0.314 e. The molecule has 100 valence electrons. The molecular weight excluding hydrogens is 324 g/mol. The molecule has 0 aliphatic heterocycles. The molecule has 3 rings (SSSR count). The highest BCUT2D eigenvalue weighted by atomic mass is 79.9. The lowest BCUT2D eigenvalue weighted by Gasteiger charge is -1.99. The van der Waals surface area contributed by atoms with Gasteiger partial charge in [-0.15, -0.1) is 10.2 Å². The lowest BCUT2D eigenvalue weighted by molar-refractivity contribution is 0.643. The van der Waals surface area contributed by atoms with Crippen molar-refractivity contribution in [2.45, 2.75) is 31.7 Å². The van der Waals surface area contributed by atoms with Crippen molar-refractivity contribution in [3.63, 3.8) is 0 Å². The van der Waals surface area contributed by atoms with Crippen molar-refractivity contribution in [2.75, 3.05) is 6.54 Å². The molecule has 0 bridgehead atoms. The van der Waals surface area contributed by atoms with Crippen molar-refractivity contribution < 1.29 is 0 Å². The molecule has 2 aromatic rings.